The highest BCUT2D eigenvalue weighted by atomic mass is 35.5. The average molecular weight is 376 g/mol. The smallest absolute Gasteiger partial charge is 0.129 e. The first kappa shape index (κ1) is 21.5. The third kappa shape index (κ3) is 6.07. The minimum atomic E-state index is 0. The Kier molecular flexibility index (Phi) is 8.78. The van der Waals surface area contributed by atoms with Crippen LogP contribution in [0.4, 0.5) is 5.82 Å². The minimum Gasteiger partial charge on any atom is -0.376 e. The Morgan fingerprint density at radius 3 is 2.67 bits per heavy atom. The van der Waals surface area contributed by atoms with E-state index in [2.05, 4.69) is 36.6 Å². The number of anilines is 1. The maximum absolute atomic E-state index is 5.74. The Bertz CT molecular complexity index is 507. The van der Waals surface area contributed by atoms with Crippen LogP contribution < -0.4 is 10.6 Å². The molecule has 6 heteroatoms. The number of unbranched alkanes of at least 4 members (excludes halogenated alkanes) is 2. The lowest BCUT2D eigenvalue weighted by Crippen LogP contribution is -2.48. The van der Waals surface area contributed by atoms with Crippen LogP contribution >= 0.6 is 24.8 Å². The summed E-state index contributed by atoms with van der Waals surface area (Å²) in [5, 5.41) is 6.72. The SMILES string of the molecule is CC1(C)CNc2nc(CCCCCOC3CNC3)ccc2C1.Cl.Cl. The van der Waals surface area contributed by atoms with Crippen molar-refractivity contribution in [2.75, 3.05) is 31.6 Å². The second-order valence-corrected chi connectivity index (χ2v) is 7.47. The van der Waals surface area contributed by atoms with Gasteiger partial charge in [-0.25, -0.2) is 4.98 Å². The molecule has 24 heavy (non-hydrogen) atoms. The predicted molar refractivity (Wildman–Crippen MR) is 105 cm³/mol. The summed E-state index contributed by atoms with van der Waals surface area (Å²) in [5.74, 6) is 1.11. The van der Waals surface area contributed by atoms with Gasteiger partial charge in [-0.05, 0) is 42.7 Å². The molecular weight excluding hydrogens is 345 g/mol. The fraction of sp³-hybridized carbons (Fsp3) is 0.722. The Balaban J connectivity index is 0.00000144. The lowest BCUT2D eigenvalue weighted by Gasteiger charge is -2.31. The van der Waals surface area contributed by atoms with Crippen LogP contribution in [0.2, 0.25) is 0 Å². The molecule has 1 fully saturated rings. The minimum absolute atomic E-state index is 0. The third-order valence-electron chi connectivity index (χ3n) is 4.61. The van der Waals surface area contributed by atoms with Gasteiger partial charge in [-0.1, -0.05) is 26.3 Å². The van der Waals surface area contributed by atoms with Crippen LogP contribution in [0.5, 0.6) is 0 Å². The van der Waals surface area contributed by atoms with Crippen molar-refractivity contribution in [3.05, 3.63) is 23.4 Å². The molecule has 2 aliphatic rings. The summed E-state index contributed by atoms with van der Waals surface area (Å²) < 4.78 is 5.74. The lowest BCUT2D eigenvalue weighted by molar-refractivity contribution is 0.0170. The first-order valence-electron chi connectivity index (χ1n) is 8.67. The number of nitrogens with one attached hydrogen (secondary N) is 2. The molecule has 0 amide bonds. The van der Waals surface area contributed by atoms with E-state index < -0.39 is 0 Å². The van der Waals surface area contributed by atoms with Gasteiger partial charge < -0.3 is 15.4 Å². The number of hydrogen-bond acceptors (Lipinski definition) is 4. The number of halogens is 2. The molecule has 138 valence electrons. The average Bonchev–Trinajstić information content (AvgIpc) is 2.44. The quantitative estimate of drug-likeness (QED) is 0.714. The second kappa shape index (κ2) is 9.81. The molecular formula is C18H31Cl2N3O. The molecule has 1 saturated heterocycles. The maximum Gasteiger partial charge on any atom is 0.129 e. The van der Waals surface area contributed by atoms with Gasteiger partial charge in [0.15, 0.2) is 0 Å². The molecule has 3 heterocycles. The molecule has 0 bridgehead atoms. The Morgan fingerprint density at radius 1 is 1.17 bits per heavy atom. The van der Waals surface area contributed by atoms with Crippen LogP contribution in [0.3, 0.4) is 0 Å². The maximum atomic E-state index is 5.74. The summed E-state index contributed by atoms with van der Waals surface area (Å²) in [6.07, 6.45) is 6.24. The van der Waals surface area contributed by atoms with Crippen LogP contribution in [0, 0.1) is 5.41 Å². The molecule has 4 nitrogen and oxygen atoms in total. The molecule has 0 radical (unpaired) electrons. The first-order chi connectivity index (χ1) is 10.6. The molecule has 0 atom stereocenters. The Labute approximate surface area is 158 Å². The summed E-state index contributed by atoms with van der Waals surface area (Å²) in [4.78, 5) is 4.80. The molecule has 3 rings (SSSR count). The Morgan fingerprint density at radius 2 is 1.96 bits per heavy atom. The van der Waals surface area contributed by atoms with Crippen molar-refractivity contribution in [2.24, 2.45) is 5.41 Å². The van der Waals surface area contributed by atoms with Gasteiger partial charge in [0.1, 0.15) is 5.82 Å². The van der Waals surface area contributed by atoms with E-state index in [0.29, 0.717) is 11.5 Å². The second-order valence-electron chi connectivity index (χ2n) is 7.47. The number of aryl methyl sites for hydroxylation is 1. The predicted octanol–water partition coefficient (Wildman–Crippen LogP) is 3.62. The van der Waals surface area contributed by atoms with E-state index >= 15 is 0 Å². The van der Waals surface area contributed by atoms with Crippen LogP contribution in [0.1, 0.15) is 44.4 Å². The Hall–Kier alpha value is -0.550. The zero-order valence-corrected chi connectivity index (χ0v) is 16.4. The highest BCUT2D eigenvalue weighted by Gasteiger charge is 2.25. The van der Waals surface area contributed by atoms with E-state index in [-0.39, 0.29) is 24.8 Å². The summed E-state index contributed by atoms with van der Waals surface area (Å²) in [6, 6.07) is 4.47. The van der Waals surface area contributed by atoms with Crippen molar-refractivity contribution in [2.45, 2.75) is 52.1 Å². The highest BCUT2D eigenvalue weighted by molar-refractivity contribution is 5.85. The monoisotopic (exact) mass is 375 g/mol. The van der Waals surface area contributed by atoms with E-state index in [4.69, 9.17) is 9.72 Å². The third-order valence-corrected chi connectivity index (χ3v) is 4.61. The van der Waals surface area contributed by atoms with Gasteiger partial charge in [-0.15, -0.1) is 24.8 Å². The molecule has 0 aliphatic carbocycles. The van der Waals surface area contributed by atoms with Gasteiger partial charge in [0.25, 0.3) is 0 Å². The van der Waals surface area contributed by atoms with E-state index in [1.165, 1.54) is 24.1 Å². The van der Waals surface area contributed by atoms with Crippen molar-refractivity contribution < 1.29 is 4.74 Å². The van der Waals surface area contributed by atoms with Crippen molar-refractivity contribution in [1.29, 1.82) is 0 Å². The van der Waals surface area contributed by atoms with Gasteiger partial charge in [-0.3, -0.25) is 0 Å². The number of aromatic nitrogens is 1. The van der Waals surface area contributed by atoms with E-state index in [1.807, 2.05) is 0 Å². The topological polar surface area (TPSA) is 46.2 Å². The van der Waals surface area contributed by atoms with Gasteiger partial charge in [0, 0.05) is 31.9 Å². The van der Waals surface area contributed by atoms with Gasteiger partial charge in [0.05, 0.1) is 6.10 Å². The molecule has 1 aromatic rings. The summed E-state index contributed by atoms with van der Waals surface area (Å²) in [5.41, 5.74) is 2.92. The zero-order chi connectivity index (χ0) is 15.4. The highest BCUT2D eigenvalue weighted by Crippen LogP contribution is 2.31. The van der Waals surface area contributed by atoms with Crippen LogP contribution in [-0.2, 0) is 17.6 Å². The van der Waals surface area contributed by atoms with Crippen LogP contribution in [-0.4, -0.2) is 37.3 Å². The molecule has 2 aliphatic heterocycles. The molecule has 0 spiro atoms. The normalized spacial score (nSPS) is 18.4. The molecule has 0 unspecified atom stereocenters. The van der Waals surface area contributed by atoms with E-state index in [1.54, 1.807) is 0 Å². The molecule has 0 saturated carbocycles. The number of ether oxygens (including phenoxy) is 1. The molecule has 1 aromatic heterocycles. The van der Waals surface area contributed by atoms with E-state index in [0.717, 1.165) is 51.3 Å². The van der Waals surface area contributed by atoms with Crippen molar-refractivity contribution >= 4 is 30.6 Å². The fourth-order valence-electron chi connectivity index (χ4n) is 3.08. The largest absolute Gasteiger partial charge is 0.376 e. The summed E-state index contributed by atoms with van der Waals surface area (Å²) in [7, 11) is 0. The van der Waals surface area contributed by atoms with Gasteiger partial charge in [-0.2, -0.15) is 0 Å². The summed E-state index contributed by atoms with van der Waals surface area (Å²) >= 11 is 0. The molecule has 0 aromatic carbocycles. The molecule has 2 N–H and O–H groups in total. The van der Waals surface area contributed by atoms with E-state index in [9.17, 15) is 0 Å². The van der Waals surface area contributed by atoms with Crippen molar-refractivity contribution in [3.63, 3.8) is 0 Å². The lowest BCUT2D eigenvalue weighted by atomic mass is 9.83. The number of nitrogens with zero attached hydrogens (tertiary/aromatic N) is 1. The zero-order valence-electron chi connectivity index (χ0n) is 14.8. The summed E-state index contributed by atoms with van der Waals surface area (Å²) in [6.45, 7) is 8.59. The van der Waals surface area contributed by atoms with Crippen LogP contribution in [0.15, 0.2) is 12.1 Å². The van der Waals surface area contributed by atoms with Crippen molar-refractivity contribution in [1.82, 2.24) is 10.3 Å². The first-order valence-corrected chi connectivity index (χ1v) is 8.67. The van der Waals surface area contributed by atoms with Crippen LogP contribution in [0.25, 0.3) is 0 Å². The number of rotatable bonds is 7. The van der Waals surface area contributed by atoms with Crippen molar-refractivity contribution in [3.8, 4) is 0 Å². The number of pyridine rings is 1. The van der Waals surface area contributed by atoms with Gasteiger partial charge >= 0.3 is 0 Å². The fourth-order valence-corrected chi connectivity index (χ4v) is 3.08. The standard InChI is InChI=1S/C18H29N3O.2ClH/c1-18(2)10-14-7-8-15(21-17(14)20-13-18)6-4-3-5-9-22-16-11-19-12-16;;/h7-8,16,19H,3-6,9-13H2,1-2H3,(H,20,21);2*1H. The number of fused-ring (bicyclic) bond motifs is 1. The number of hydrogen-bond donors (Lipinski definition) is 2. The van der Waals surface area contributed by atoms with Gasteiger partial charge in [0.2, 0.25) is 0 Å².